The molecule has 0 unspecified atom stereocenters. The van der Waals surface area contributed by atoms with E-state index in [9.17, 15) is 5.11 Å². The number of ether oxygens (including phenoxy) is 2. The van der Waals surface area contributed by atoms with Crippen LogP contribution < -0.4 is 4.74 Å². The van der Waals surface area contributed by atoms with Gasteiger partial charge in [0, 0.05) is 23.3 Å². The Balaban J connectivity index is 1.65. The van der Waals surface area contributed by atoms with Crippen LogP contribution in [-0.4, -0.2) is 26.7 Å². The summed E-state index contributed by atoms with van der Waals surface area (Å²) < 4.78 is 10.8. The summed E-state index contributed by atoms with van der Waals surface area (Å²) in [5, 5.41) is 10.8. The molecule has 5 rings (SSSR count). The summed E-state index contributed by atoms with van der Waals surface area (Å²) in [4.78, 5) is 14.3. The molecule has 6 nitrogen and oxygen atoms in total. The van der Waals surface area contributed by atoms with Gasteiger partial charge in [0.2, 0.25) is 0 Å². The lowest BCUT2D eigenvalue weighted by atomic mass is 10.0. The fourth-order valence-electron chi connectivity index (χ4n) is 3.97. The van der Waals surface area contributed by atoms with E-state index < -0.39 is 0 Å². The van der Waals surface area contributed by atoms with Crippen molar-refractivity contribution in [3.63, 3.8) is 0 Å². The van der Waals surface area contributed by atoms with Crippen LogP contribution in [0.5, 0.6) is 11.5 Å². The Morgan fingerprint density at radius 2 is 1.21 bits per heavy atom. The molecule has 1 aromatic heterocycles. The van der Waals surface area contributed by atoms with Crippen LogP contribution in [0.2, 0.25) is 0 Å². The van der Waals surface area contributed by atoms with Crippen molar-refractivity contribution in [3.8, 4) is 45.7 Å². The van der Waals surface area contributed by atoms with Crippen LogP contribution in [0, 0.1) is 27.7 Å². The summed E-state index contributed by atoms with van der Waals surface area (Å²) in [5.74, 6) is 2.44. The minimum atomic E-state index is 0.0155. The van der Waals surface area contributed by atoms with Crippen molar-refractivity contribution in [1.82, 2.24) is 15.0 Å². The van der Waals surface area contributed by atoms with Gasteiger partial charge in [0.1, 0.15) is 18.1 Å². The van der Waals surface area contributed by atoms with E-state index in [1.807, 2.05) is 44.2 Å². The topological polar surface area (TPSA) is 77.4 Å². The van der Waals surface area contributed by atoms with Gasteiger partial charge < -0.3 is 14.6 Å². The molecule has 1 aliphatic heterocycles. The van der Waals surface area contributed by atoms with Crippen molar-refractivity contribution < 1.29 is 14.6 Å². The van der Waals surface area contributed by atoms with Gasteiger partial charge in [-0.2, -0.15) is 0 Å². The van der Waals surface area contributed by atoms with Gasteiger partial charge in [-0.15, -0.1) is 0 Å². The number of aryl methyl sites for hydroxylation is 4. The monoisotopic (exact) mass is 451 g/mol. The second kappa shape index (κ2) is 8.63. The van der Waals surface area contributed by atoms with E-state index in [0.717, 1.165) is 22.3 Å². The standard InChI is InChI=1S/C28H25N3O3/c1-16-5-8-21(18(3)13-16)26-29-27(22-9-6-17(2)14-19(22)4)31-28(30-26)23-10-7-20(15-24(23)32)34-25-11-12-33-25/h5-11,13-15,32H,12H2,1-4H3. The van der Waals surface area contributed by atoms with Gasteiger partial charge in [-0.05, 0) is 51.0 Å². The van der Waals surface area contributed by atoms with Crippen LogP contribution in [0.15, 0.2) is 66.6 Å². The Kier molecular flexibility index (Phi) is 5.49. The van der Waals surface area contributed by atoms with Crippen molar-refractivity contribution in [3.05, 3.63) is 88.9 Å². The van der Waals surface area contributed by atoms with Gasteiger partial charge in [-0.3, -0.25) is 0 Å². The molecule has 1 aliphatic rings. The number of nitrogens with zero attached hydrogens (tertiary/aromatic N) is 3. The van der Waals surface area contributed by atoms with Crippen LogP contribution in [0.1, 0.15) is 22.3 Å². The average molecular weight is 452 g/mol. The number of aromatic hydroxyl groups is 1. The van der Waals surface area contributed by atoms with Crippen molar-refractivity contribution in [2.45, 2.75) is 27.7 Å². The number of rotatable bonds is 5. The number of aromatic nitrogens is 3. The highest BCUT2D eigenvalue weighted by atomic mass is 16.7. The van der Waals surface area contributed by atoms with Crippen molar-refractivity contribution >= 4 is 0 Å². The quantitative estimate of drug-likeness (QED) is 0.397. The largest absolute Gasteiger partial charge is 0.507 e. The fourth-order valence-corrected chi connectivity index (χ4v) is 3.97. The van der Waals surface area contributed by atoms with Gasteiger partial charge in [-0.1, -0.05) is 47.5 Å². The molecule has 2 heterocycles. The van der Waals surface area contributed by atoms with E-state index in [1.165, 1.54) is 17.2 Å². The fraction of sp³-hybridized carbons (Fsp3) is 0.179. The third-order valence-corrected chi connectivity index (χ3v) is 5.79. The van der Waals surface area contributed by atoms with E-state index in [4.69, 9.17) is 24.4 Å². The molecule has 0 amide bonds. The molecule has 0 atom stereocenters. The normalized spacial score (nSPS) is 12.5. The maximum atomic E-state index is 10.8. The molecular weight excluding hydrogens is 426 g/mol. The molecule has 0 bridgehead atoms. The summed E-state index contributed by atoms with van der Waals surface area (Å²) >= 11 is 0. The summed E-state index contributed by atoms with van der Waals surface area (Å²) in [6, 6.07) is 17.4. The second-order valence-corrected chi connectivity index (χ2v) is 8.56. The molecule has 3 aromatic carbocycles. The smallest absolute Gasteiger partial charge is 0.284 e. The first-order valence-corrected chi connectivity index (χ1v) is 11.1. The zero-order valence-electron chi connectivity index (χ0n) is 19.6. The number of phenols is 1. The Bertz CT molecular complexity index is 1370. The maximum Gasteiger partial charge on any atom is 0.284 e. The first-order valence-electron chi connectivity index (χ1n) is 11.1. The van der Waals surface area contributed by atoms with Gasteiger partial charge in [0.15, 0.2) is 17.5 Å². The minimum absolute atomic E-state index is 0.0155. The molecule has 1 N–H and O–H groups in total. The summed E-state index contributed by atoms with van der Waals surface area (Å²) in [6.07, 6.45) is 1.82. The summed E-state index contributed by atoms with van der Waals surface area (Å²) in [7, 11) is 0. The highest BCUT2D eigenvalue weighted by Gasteiger charge is 2.18. The zero-order chi connectivity index (χ0) is 23.8. The molecular formula is C28H25N3O3. The van der Waals surface area contributed by atoms with Crippen LogP contribution in [0.4, 0.5) is 0 Å². The SMILES string of the molecule is Cc1ccc(-c2nc(-c3ccc(C)cc3C)nc(-c3ccc(OC4=CCO4)cc3O)n2)c(C)c1. The Morgan fingerprint density at radius 3 is 1.65 bits per heavy atom. The predicted molar refractivity (Wildman–Crippen MR) is 131 cm³/mol. The van der Waals surface area contributed by atoms with Crippen LogP contribution in [-0.2, 0) is 4.74 Å². The Morgan fingerprint density at radius 1 is 0.706 bits per heavy atom. The average Bonchev–Trinajstić information content (AvgIpc) is 2.76. The van der Waals surface area contributed by atoms with Crippen molar-refractivity contribution in [2.24, 2.45) is 0 Å². The van der Waals surface area contributed by atoms with Gasteiger partial charge in [0.25, 0.3) is 5.95 Å². The number of hydrogen-bond acceptors (Lipinski definition) is 6. The lowest BCUT2D eigenvalue weighted by Gasteiger charge is -2.17. The third-order valence-electron chi connectivity index (χ3n) is 5.79. The second-order valence-electron chi connectivity index (χ2n) is 8.56. The Labute approximate surface area is 198 Å². The van der Waals surface area contributed by atoms with E-state index in [0.29, 0.717) is 41.3 Å². The molecule has 170 valence electrons. The molecule has 34 heavy (non-hydrogen) atoms. The van der Waals surface area contributed by atoms with Crippen LogP contribution in [0.25, 0.3) is 34.2 Å². The van der Waals surface area contributed by atoms with E-state index in [1.54, 1.807) is 12.1 Å². The first-order chi connectivity index (χ1) is 16.4. The van der Waals surface area contributed by atoms with Gasteiger partial charge >= 0.3 is 0 Å². The lowest BCUT2D eigenvalue weighted by Crippen LogP contribution is -2.10. The number of phenolic OH excluding ortho intramolecular Hbond substituents is 1. The van der Waals surface area contributed by atoms with E-state index >= 15 is 0 Å². The minimum Gasteiger partial charge on any atom is -0.507 e. The number of benzene rings is 3. The molecule has 4 aromatic rings. The van der Waals surface area contributed by atoms with E-state index in [-0.39, 0.29) is 5.75 Å². The zero-order valence-corrected chi connectivity index (χ0v) is 19.6. The predicted octanol–water partition coefficient (Wildman–Crippen LogP) is 6.06. The lowest BCUT2D eigenvalue weighted by molar-refractivity contribution is 0.0817. The molecule has 0 aliphatic carbocycles. The van der Waals surface area contributed by atoms with Gasteiger partial charge in [-0.25, -0.2) is 15.0 Å². The third kappa shape index (κ3) is 4.22. The van der Waals surface area contributed by atoms with Crippen LogP contribution >= 0.6 is 0 Å². The van der Waals surface area contributed by atoms with Crippen LogP contribution in [0.3, 0.4) is 0 Å². The van der Waals surface area contributed by atoms with E-state index in [2.05, 4.69) is 26.0 Å². The molecule has 0 spiro atoms. The number of hydrogen-bond donors (Lipinski definition) is 1. The molecule has 0 saturated carbocycles. The summed E-state index contributed by atoms with van der Waals surface area (Å²) in [6.45, 7) is 8.74. The summed E-state index contributed by atoms with van der Waals surface area (Å²) in [5.41, 5.74) is 6.83. The first kappa shape index (κ1) is 21.6. The van der Waals surface area contributed by atoms with Crippen molar-refractivity contribution in [1.29, 1.82) is 0 Å². The maximum absolute atomic E-state index is 10.8. The van der Waals surface area contributed by atoms with Gasteiger partial charge in [0.05, 0.1) is 5.56 Å². The molecule has 0 radical (unpaired) electrons. The molecule has 6 heteroatoms. The van der Waals surface area contributed by atoms with Crippen molar-refractivity contribution in [2.75, 3.05) is 6.61 Å². The highest BCUT2D eigenvalue weighted by molar-refractivity contribution is 5.72. The molecule has 0 saturated heterocycles. The highest BCUT2D eigenvalue weighted by Crippen LogP contribution is 2.34. The Hall–Kier alpha value is -4.19. The molecule has 0 fully saturated rings.